The average molecular weight is 322 g/mol. The summed E-state index contributed by atoms with van der Waals surface area (Å²) in [6.45, 7) is 0.214. The molecule has 122 valence electrons. The van der Waals surface area contributed by atoms with Gasteiger partial charge in [-0.05, 0) is 35.8 Å². The van der Waals surface area contributed by atoms with E-state index in [2.05, 4.69) is 0 Å². The van der Waals surface area contributed by atoms with Crippen LogP contribution in [0.4, 0.5) is 10.5 Å². The van der Waals surface area contributed by atoms with E-state index in [1.807, 2.05) is 42.5 Å². The third-order valence-electron chi connectivity index (χ3n) is 3.84. The van der Waals surface area contributed by atoms with Crippen molar-refractivity contribution in [2.75, 3.05) is 12.3 Å². The Balaban J connectivity index is 1.72. The van der Waals surface area contributed by atoms with Gasteiger partial charge in [-0.15, -0.1) is 0 Å². The summed E-state index contributed by atoms with van der Waals surface area (Å²) in [7, 11) is 0. The quantitative estimate of drug-likeness (QED) is 0.694. The number of amides is 2. The number of nitrogens with two attached hydrogens (primary N) is 1. The number of ether oxygens (including phenoxy) is 1. The van der Waals surface area contributed by atoms with Crippen molar-refractivity contribution in [2.24, 2.45) is 0 Å². The Labute approximate surface area is 140 Å². The molecule has 1 saturated heterocycles. The summed E-state index contributed by atoms with van der Waals surface area (Å²) in [6, 6.07) is 16.6. The van der Waals surface area contributed by atoms with Crippen LogP contribution in [0.25, 0.3) is 6.08 Å². The number of rotatable bonds is 4. The Morgan fingerprint density at radius 1 is 1.21 bits per heavy atom. The van der Waals surface area contributed by atoms with Crippen LogP contribution in [0.1, 0.15) is 11.1 Å². The van der Waals surface area contributed by atoms with Crippen LogP contribution in [-0.2, 0) is 16.0 Å². The molecule has 0 saturated carbocycles. The minimum Gasteiger partial charge on any atom is -0.447 e. The molecule has 2 N–H and O–H groups in total. The number of cyclic esters (lactones) is 1. The first-order valence-corrected chi connectivity index (χ1v) is 7.71. The predicted octanol–water partition coefficient (Wildman–Crippen LogP) is 2.87. The van der Waals surface area contributed by atoms with Gasteiger partial charge in [0.25, 0.3) is 5.91 Å². The van der Waals surface area contributed by atoms with Crippen LogP contribution in [0.2, 0.25) is 0 Å². The van der Waals surface area contributed by atoms with Crippen molar-refractivity contribution < 1.29 is 14.3 Å². The van der Waals surface area contributed by atoms with E-state index in [9.17, 15) is 9.59 Å². The van der Waals surface area contributed by atoms with Gasteiger partial charge < -0.3 is 10.5 Å². The summed E-state index contributed by atoms with van der Waals surface area (Å²) in [5, 5.41) is 0. The summed E-state index contributed by atoms with van der Waals surface area (Å²) < 4.78 is 5.05. The molecule has 24 heavy (non-hydrogen) atoms. The lowest BCUT2D eigenvalue weighted by molar-refractivity contribution is -0.124. The highest BCUT2D eigenvalue weighted by atomic mass is 16.6. The maximum atomic E-state index is 12.4. The number of imide groups is 1. The van der Waals surface area contributed by atoms with Crippen LogP contribution in [0.3, 0.4) is 0 Å². The summed E-state index contributed by atoms with van der Waals surface area (Å²) >= 11 is 0. The highest BCUT2D eigenvalue weighted by Gasteiger charge is 2.36. The van der Waals surface area contributed by atoms with E-state index in [0.717, 1.165) is 11.1 Å². The molecule has 2 aromatic carbocycles. The van der Waals surface area contributed by atoms with Gasteiger partial charge in [0.2, 0.25) is 0 Å². The SMILES string of the molecule is Nc1cccc(C=CC(=O)N2C(=O)OCC2Cc2ccccc2)c1. The monoisotopic (exact) mass is 322 g/mol. The molecule has 2 aromatic rings. The fraction of sp³-hybridized carbons (Fsp3) is 0.158. The number of hydrogen-bond acceptors (Lipinski definition) is 4. The smallest absolute Gasteiger partial charge is 0.417 e. The molecule has 1 aliphatic heterocycles. The Morgan fingerprint density at radius 3 is 2.75 bits per heavy atom. The van der Waals surface area contributed by atoms with Crippen molar-refractivity contribution in [2.45, 2.75) is 12.5 Å². The maximum absolute atomic E-state index is 12.4. The number of carbonyl (C=O) groups excluding carboxylic acids is 2. The standard InChI is InChI=1S/C19H18N2O3/c20-16-8-4-7-15(11-16)9-10-18(22)21-17(13-24-19(21)23)12-14-5-2-1-3-6-14/h1-11,17H,12-13,20H2. The van der Waals surface area contributed by atoms with Crippen molar-refractivity contribution in [1.82, 2.24) is 4.90 Å². The Bertz CT molecular complexity index is 771. The van der Waals surface area contributed by atoms with E-state index >= 15 is 0 Å². The summed E-state index contributed by atoms with van der Waals surface area (Å²) in [4.78, 5) is 25.5. The van der Waals surface area contributed by atoms with Crippen LogP contribution in [0.5, 0.6) is 0 Å². The van der Waals surface area contributed by atoms with Gasteiger partial charge in [0, 0.05) is 11.8 Å². The first-order valence-electron chi connectivity index (χ1n) is 7.71. The van der Waals surface area contributed by atoms with Gasteiger partial charge in [0.1, 0.15) is 6.61 Å². The molecule has 1 fully saturated rings. The number of anilines is 1. The molecular formula is C19H18N2O3. The van der Waals surface area contributed by atoms with E-state index in [1.54, 1.807) is 18.2 Å². The lowest BCUT2D eigenvalue weighted by Crippen LogP contribution is -2.39. The molecule has 1 atom stereocenters. The molecule has 1 aliphatic rings. The van der Waals surface area contributed by atoms with Gasteiger partial charge >= 0.3 is 6.09 Å². The molecule has 1 heterocycles. The molecular weight excluding hydrogens is 304 g/mol. The van der Waals surface area contributed by atoms with Crippen LogP contribution < -0.4 is 5.73 Å². The molecule has 3 rings (SSSR count). The number of nitrogens with zero attached hydrogens (tertiary/aromatic N) is 1. The second kappa shape index (κ2) is 7.00. The third-order valence-corrected chi connectivity index (χ3v) is 3.84. The molecule has 0 bridgehead atoms. The summed E-state index contributed by atoms with van der Waals surface area (Å²) in [6.07, 6.45) is 2.99. The van der Waals surface area contributed by atoms with E-state index < -0.39 is 6.09 Å². The molecule has 1 unspecified atom stereocenters. The molecule has 2 amide bonds. The lowest BCUT2D eigenvalue weighted by atomic mass is 10.1. The number of benzene rings is 2. The number of hydrogen-bond donors (Lipinski definition) is 1. The Hall–Kier alpha value is -3.08. The molecule has 0 radical (unpaired) electrons. The van der Waals surface area contributed by atoms with Crippen molar-refractivity contribution in [3.63, 3.8) is 0 Å². The largest absolute Gasteiger partial charge is 0.447 e. The summed E-state index contributed by atoms with van der Waals surface area (Å²) in [5.41, 5.74) is 8.19. The first kappa shape index (κ1) is 15.8. The number of carbonyl (C=O) groups is 2. The van der Waals surface area contributed by atoms with Crippen molar-refractivity contribution in [1.29, 1.82) is 0 Å². The zero-order valence-electron chi connectivity index (χ0n) is 13.1. The fourth-order valence-corrected chi connectivity index (χ4v) is 2.68. The lowest BCUT2D eigenvalue weighted by Gasteiger charge is -2.18. The third kappa shape index (κ3) is 3.63. The average Bonchev–Trinajstić information content (AvgIpc) is 2.94. The second-order valence-corrected chi connectivity index (χ2v) is 5.63. The van der Waals surface area contributed by atoms with Crippen LogP contribution >= 0.6 is 0 Å². The topological polar surface area (TPSA) is 72.6 Å². The normalized spacial score (nSPS) is 17.2. The first-order chi connectivity index (χ1) is 11.6. The van der Waals surface area contributed by atoms with Crippen molar-refractivity contribution >= 4 is 23.8 Å². The van der Waals surface area contributed by atoms with Crippen molar-refractivity contribution in [3.05, 3.63) is 71.8 Å². The van der Waals surface area contributed by atoms with E-state index in [1.165, 1.54) is 11.0 Å². The zero-order valence-corrected chi connectivity index (χ0v) is 13.1. The van der Waals surface area contributed by atoms with Gasteiger partial charge in [-0.25, -0.2) is 9.69 Å². The van der Waals surface area contributed by atoms with Crippen LogP contribution in [0.15, 0.2) is 60.7 Å². The van der Waals surface area contributed by atoms with Crippen LogP contribution in [0, 0.1) is 0 Å². The van der Waals surface area contributed by atoms with E-state index in [-0.39, 0.29) is 18.6 Å². The number of nitrogen functional groups attached to an aromatic ring is 1. The van der Waals surface area contributed by atoms with Crippen molar-refractivity contribution in [3.8, 4) is 0 Å². The fourth-order valence-electron chi connectivity index (χ4n) is 2.68. The molecule has 0 aliphatic carbocycles. The van der Waals surface area contributed by atoms with Gasteiger partial charge in [-0.1, -0.05) is 42.5 Å². The predicted molar refractivity (Wildman–Crippen MR) is 92.0 cm³/mol. The minimum atomic E-state index is -0.599. The molecule has 5 nitrogen and oxygen atoms in total. The second-order valence-electron chi connectivity index (χ2n) is 5.63. The Morgan fingerprint density at radius 2 is 2.00 bits per heavy atom. The van der Waals surface area contributed by atoms with E-state index in [4.69, 9.17) is 10.5 Å². The summed E-state index contributed by atoms with van der Waals surface area (Å²) in [5.74, 6) is -0.388. The molecule has 0 spiro atoms. The highest BCUT2D eigenvalue weighted by Crippen LogP contribution is 2.18. The Kier molecular flexibility index (Phi) is 4.61. The minimum absolute atomic E-state index is 0.214. The van der Waals surface area contributed by atoms with E-state index in [0.29, 0.717) is 12.1 Å². The van der Waals surface area contributed by atoms with Gasteiger partial charge in [0.05, 0.1) is 6.04 Å². The maximum Gasteiger partial charge on any atom is 0.417 e. The van der Waals surface area contributed by atoms with Gasteiger partial charge in [0.15, 0.2) is 0 Å². The zero-order chi connectivity index (χ0) is 16.9. The molecule has 0 aromatic heterocycles. The highest BCUT2D eigenvalue weighted by molar-refractivity contribution is 6.02. The molecule has 5 heteroatoms. The van der Waals surface area contributed by atoms with Gasteiger partial charge in [-0.3, -0.25) is 4.79 Å². The van der Waals surface area contributed by atoms with Gasteiger partial charge in [-0.2, -0.15) is 0 Å². The van der Waals surface area contributed by atoms with Crippen LogP contribution in [-0.4, -0.2) is 29.5 Å².